The third-order valence-corrected chi connectivity index (χ3v) is 4.16. The molecule has 2 nitrogen and oxygen atoms in total. The van der Waals surface area contributed by atoms with E-state index in [4.69, 9.17) is 5.73 Å². The van der Waals surface area contributed by atoms with E-state index in [1.54, 1.807) is 6.07 Å². The van der Waals surface area contributed by atoms with Crippen molar-refractivity contribution in [1.29, 1.82) is 0 Å². The highest BCUT2D eigenvalue weighted by atomic mass is 19.2. The summed E-state index contributed by atoms with van der Waals surface area (Å²) in [6.07, 6.45) is 3.01. The molecule has 0 bridgehead atoms. The maximum Gasteiger partial charge on any atom is 0.163 e. The van der Waals surface area contributed by atoms with E-state index in [-0.39, 0.29) is 11.1 Å². The maximum absolute atomic E-state index is 13.6. The Morgan fingerprint density at radius 1 is 1.37 bits per heavy atom. The van der Waals surface area contributed by atoms with E-state index in [9.17, 15) is 8.78 Å². The molecule has 1 heterocycles. The topological polar surface area (TPSA) is 29.3 Å². The highest BCUT2D eigenvalue weighted by molar-refractivity contribution is 5.22. The number of nitrogens with two attached hydrogens (primary N) is 1. The molecule has 2 rings (SSSR count). The first-order valence-corrected chi connectivity index (χ1v) is 6.86. The minimum absolute atomic E-state index is 0.195. The second-order valence-electron chi connectivity index (χ2n) is 5.94. The lowest BCUT2D eigenvalue weighted by Gasteiger charge is -2.32. The van der Waals surface area contributed by atoms with Gasteiger partial charge < -0.3 is 5.73 Å². The predicted molar refractivity (Wildman–Crippen MR) is 72.8 cm³/mol. The molecule has 1 aliphatic rings. The summed E-state index contributed by atoms with van der Waals surface area (Å²) >= 11 is 0. The molecule has 0 aliphatic carbocycles. The van der Waals surface area contributed by atoms with Crippen LogP contribution in [0, 0.1) is 11.6 Å². The van der Waals surface area contributed by atoms with Crippen LogP contribution >= 0.6 is 0 Å². The SMILES string of the molecule is CC1(C)CCCN1CCC(N)c1cccc(F)c1F. The molecule has 19 heavy (non-hydrogen) atoms. The van der Waals surface area contributed by atoms with Crippen molar-refractivity contribution < 1.29 is 8.78 Å². The average Bonchev–Trinajstić information content (AvgIpc) is 2.69. The van der Waals surface area contributed by atoms with E-state index >= 15 is 0 Å². The Kier molecular flexibility index (Phi) is 4.21. The van der Waals surface area contributed by atoms with Crippen LogP contribution in [0.15, 0.2) is 18.2 Å². The molecule has 0 radical (unpaired) electrons. The van der Waals surface area contributed by atoms with Crippen molar-refractivity contribution in [2.75, 3.05) is 13.1 Å². The lowest BCUT2D eigenvalue weighted by Crippen LogP contribution is -2.39. The fourth-order valence-electron chi connectivity index (χ4n) is 2.84. The smallest absolute Gasteiger partial charge is 0.163 e. The van der Waals surface area contributed by atoms with E-state index in [1.165, 1.54) is 18.9 Å². The number of rotatable bonds is 4. The summed E-state index contributed by atoms with van der Waals surface area (Å²) < 4.78 is 26.8. The molecule has 1 aromatic rings. The Bertz CT molecular complexity index is 446. The lowest BCUT2D eigenvalue weighted by molar-refractivity contribution is 0.169. The van der Waals surface area contributed by atoms with Gasteiger partial charge in [0.2, 0.25) is 0 Å². The summed E-state index contributed by atoms with van der Waals surface area (Å²) in [5.41, 5.74) is 6.47. The number of hydrogen-bond donors (Lipinski definition) is 1. The van der Waals surface area contributed by atoms with Gasteiger partial charge in [0.15, 0.2) is 11.6 Å². The van der Waals surface area contributed by atoms with Crippen LogP contribution in [0.25, 0.3) is 0 Å². The largest absolute Gasteiger partial charge is 0.324 e. The summed E-state index contributed by atoms with van der Waals surface area (Å²) in [6, 6.07) is 3.74. The van der Waals surface area contributed by atoms with Crippen molar-refractivity contribution in [2.24, 2.45) is 5.73 Å². The minimum Gasteiger partial charge on any atom is -0.324 e. The van der Waals surface area contributed by atoms with Crippen molar-refractivity contribution in [3.8, 4) is 0 Å². The van der Waals surface area contributed by atoms with E-state index in [1.807, 2.05) is 0 Å². The van der Waals surface area contributed by atoms with Crippen LogP contribution in [0.5, 0.6) is 0 Å². The van der Waals surface area contributed by atoms with Crippen molar-refractivity contribution >= 4 is 0 Å². The molecule has 0 amide bonds. The van der Waals surface area contributed by atoms with E-state index in [0.29, 0.717) is 6.42 Å². The second kappa shape index (κ2) is 5.55. The number of hydrogen-bond acceptors (Lipinski definition) is 2. The summed E-state index contributed by atoms with van der Waals surface area (Å²) in [5, 5.41) is 0. The van der Waals surface area contributed by atoms with Crippen LogP contribution in [0.1, 0.15) is 44.7 Å². The molecular weight excluding hydrogens is 246 g/mol. The van der Waals surface area contributed by atoms with Crippen molar-refractivity contribution in [2.45, 2.75) is 44.7 Å². The second-order valence-corrected chi connectivity index (χ2v) is 5.94. The Morgan fingerprint density at radius 3 is 2.74 bits per heavy atom. The van der Waals surface area contributed by atoms with Crippen LogP contribution in [-0.2, 0) is 0 Å². The number of nitrogens with zero attached hydrogens (tertiary/aromatic N) is 1. The van der Waals surface area contributed by atoms with Gasteiger partial charge in [0.05, 0.1) is 0 Å². The van der Waals surface area contributed by atoms with Gasteiger partial charge in [0.25, 0.3) is 0 Å². The summed E-state index contributed by atoms with van der Waals surface area (Å²) in [4.78, 5) is 2.38. The molecule has 4 heteroatoms. The zero-order valence-electron chi connectivity index (χ0n) is 11.6. The fourth-order valence-corrected chi connectivity index (χ4v) is 2.84. The van der Waals surface area contributed by atoms with Crippen molar-refractivity contribution in [1.82, 2.24) is 4.90 Å². The van der Waals surface area contributed by atoms with Crippen LogP contribution in [0.3, 0.4) is 0 Å². The van der Waals surface area contributed by atoms with Gasteiger partial charge in [-0.1, -0.05) is 12.1 Å². The molecule has 1 fully saturated rings. The first kappa shape index (κ1) is 14.4. The van der Waals surface area contributed by atoms with Crippen LogP contribution in [0.2, 0.25) is 0 Å². The monoisotopic (exact) mass is 268 g/mol. The quantitative estimate of drug-likeness (QED) is 0.908. The molecule has 2 N–H and O–H groups in total. The molecular formula is C15H22F2N2. The zero-order valence-corrected chi connectivity index (χ0v) is 11.6. The first-order valence-electron chi connectivity index (χ1n) is 6.86. The molecule has 1 saturated heterocycles. The number of likely N-dealkylation sites (tertiary alicyclic amines) is 1. The van der Waals surface area contributed by atoms with Gasteiger partial charge in [-0.3, -0.25) is 4.90 Å². The van der Waals surface area contributed by atoms with Crippen LogP contribution in [-0.4, -0.2) is 23.5 Å². The van der Waals surface area contributed by atoms with Gasteiger partial charge in [-0.05, 0) is 45.7 Å². The zero-order chi connectivity index (χ0) is 14.0. The number of benzene rings is 1. The van der Waals surface area contributed by atoms with Crippen molar-refractivity contribution in [3.63, 3.8) is 0 Å². The fraction of sp³-hybridized carbons (Fsp3) is 0.600. The van der Waals surface area contributed by atoms with E-state index in [2.05, 4.69) is 18.7 Å². The first-order chi connectivity index (χ1) is 8.92. The summed E-state index contributed by atoms with van der Waals surface area (Å²) in [6.45, 7) is 6.32. The molecule has 1 atom stereocenters. The lowest BCUT2D eigenvalue weighted by atomic mass is 10.00. The van der Waals surface area contributed by atoms with Gasteiger partial charge in [0, 0.05) is 23.7 Å². The summed E-state index contributed by atoms with van der Waals surface area (Å²) in [7, 11) is 0. The number of halogens is 2. The molecule has 106 valence electrons. The van der Waals surface area contributed by atoms with Crippen LogP contribution < -0.4 is 5.73 Å². The Hall–Kier alpha value is -1.00. The third kappa shape index (κ3) is 3.12. The maximum atomic E-state index is 13.6. The minimum atomic E-state index is -0.825. The Balaban J connectivity index is 1.98. The predicted octanol–water partition coefficient (Wildman–Crippen LogP) is 3.23. The van der Waals surface area contributed by atoms with Crippen LogP contribution in [0.4, 0.5) is 8.78 Å². The highest BCUT2D eigenvalue weighted by Crippen LogP contribution is 2.29. The molecule has 0 spiro atoms. The van der Waals surface area contributed by atoms with E-state index in [0.717, 1.165) is 19.2 Å². The Morgan fingerprint density at radius 2 is 2.11 bits per heavy atom. The van der Waals surface area contributed by atoms with Gasteiger partial charge in [0.1, 0.15) is 0 Å². The van der Waals surface area contributed by atoms with Gasteiger partial charge >= 0.3 is 0 Å². The molecule has 1 unspecified atom stereocenters. The van der Waals surface area contributed by atoms with Gasteiger partial charge in [-0.2, -0.15) is 0 Å². The molecule has 1 aliphatic heterocycles. The highest BCUT2D eigenvalue weighted by Gasteiger charge is 2.31. The molecule has 0 aromatic heterocycles. The van der Waals surface area contributed by atoms with Crippen molar-refractivity contribution in [3.05, 3.63) is 35.4 Å². The summed E-state index contributed by atoms with van der Waals surface area (Å²) in [5.74, 6) is -1.63. The standard InChI is InChI=1S/C15H22F2N2/c1-15(2)8-4-9-19(15)10-7-13(18)11-5-3-6-12(16)14(11)17/h3,5-6,13H,4,7-10,18H2,1-2H3. The molecule has 1 aromatic carbocycles. The average molecular weight is 268 g/mol. The van der Waals surface area contributed by atoms with E-state index < -0.39 is 17.7 Å². The third-order valence-electron chi connectivity index (χ3n) is 4.16. The molecule has 0 saturated carbocycles. The normalized spacial score (nSPS) is 20.7. The van der Waals surface area contributed by atoms with Gasteiger partial charge in [-0.15, -0.1) is 0 Å². The van der Waals surface area contributed by atoms with Gasteiger partial charge in [-0.25, -0.2) is 8.78 Å². The Labute approximate surface area is 113 Å².